The van der Waals surface area contributed by atoms with Crippen LogP contribution in [0.2, 0.25) is 10.0 Å². The van der Waals surface area contributed by atoms with Crippen molar-refractivity contribution in [3.63, 3.8) is 0 Å². The van der Waals surface area contributed by atoms with Gasteiger partial charge in [-0.25, -0.2) is 4.39 Å². The van der Waals surface area contributed by atoms with Crippen molar-refractivity contribution in [2.45, 2.75) is 17.1 Å². The minimum atomic E-state index is -0.565. The van der Waals surface area contributed by atoms with Crippen molar-refractivity contribution in [2.24, 2.45) is 0 Å². The third-order valence-electron chi connectivity index (χ3n) is 5.71. The molecule has 4 aromatic carbocycles. The molecule has 41 heavy (non-hydrogen) atoms. The maximum absolute atomic E-state index is 13.4. The van der Waals surface area contributed by atoms with Gasteiger partial charge < -0.3 is 16.0 Å². The van der Waals surface area contributed by atoms with Gasteiger partial charge in [-0.2, -0.15) is 0 Å². The molecule has 0 heterocycles. The smallest absolute Gasteiger partial charge is 0.272 e. The molecular weight excluding hydrogens is 584 g/mol. The van der Waals surface area contributed by atoms with Crippen LogP contribution in [0.3, 0.4) is 0 Å². The van der Waals surface area contributed by atoms with E-state index in [0.29, 0.717) is 27.5 Å². The maximum Gasteiger partial charge on any atom is 0.272 e. The van der Waals surface area contributed by atoms with Gasteiger partial charge in [-0.05, 0) is 79.2 Å². The molecule has 0 radical (unpaired) electrons. The Morgan fingerprint density at radius 2 is 1.51 bits per heavy atom. The van der Waals surface area contributed by atoms with E-state index in [0.717, 1.165) is 4.90 Å². The summed E-state index contributed by atoms with van der Waals surface area (Å²) in [6, 6.07) is 25.9. The maximum atomic E-state index is 13.4. The van der Waals surface area contributed by atoms with Gasteiger partial charge >= 0.3 is 0 Å². The SMILES string of the molecule is CC(Sc1ccc(NC(=O)/C(=C/c2ccc(F)cc2)NC(=O)c2ccccc2)cc1)C(=O)Nc1cccc(Cl)c1Cl. The Balaban J connectivity index is 1.43. The van der Waals surface area contributed by atoms with E-state index < -0.39 is 22.9 Å². The summed E-state index contributed by atoms with van der Waals surface area (Å²) in [5.74, 6) is -1.70. The van der Waals surface area contributed by atoms with E-state index in [-0.39, 0.29) is 16.6 Å². The molecule has 0 spiro atoms. The largest absolute Gasteiger partial charge is 0.324 e. The van der Waals surface area contributed by atoms with Crippen LogP contribution >= 0.6 is 35.0 Å². The Bertz CT molecular complexity index is 1580. The lowest BCUT2D eigenvalue weighted by atomic mass is 10.1. The quantitative estimate of drug-likeness (QED) is 0.135. The van der Waals surface area contributed by atoms with Crippen molar-refractivity contribution >= 4 is 70.1 Å². The van der Waals surface area contributed by atoms with Crippen molar-refractivity contribution < 1.29 is 18.8 Å². The standard InChI is InChI=1S/C31H24Cl2FN3O3S/c1-19(29(38)36-26-9-5-8-25(32)28(26)33)41-24-16-14-23(15-17-24)35-31(40)27(18-20-10-12-22(34)13-11-20)37-30(39)21-6-3-2-4-7-21/h2-19H,1H3,(H,35,40)(H,36,38)(H,37,39)/b27-18-. The van der Waals surface area contributed by atoms with Crippen LogP contribution in [0, 0.1) is 5.82 Å². The average molecular weight is 609 g/mol. The highest BCUT2D eigenvalue weighted by atomic mass is 35.5. The zero-order valence-electron chi connectivity index (χ0n) is 21.7. The van der Waals surface area contributed by atoms with Crippen LogP contribution in [0.25, 0.3) is 6.08 Å². The molecule has 0 aromatic heterocycles. The number of carbonyl (C=O) groups excluding carboxylic acids is 3. The van der Waals surface area contributed by atoms with Crippen LogP contribution in [0.1, 0.15) is 22.8 Å². The fourth-order valence-electron chi connectivity index (χ4n) is 3.58. The van der Waals surface area contributed by atoms with Crippen LogP contribution in [0.4, 0.5) is 15.8 Å². The topological polar surface area (TPSA) is 87.3 Å². The van der Waals surface area contributed by atoms with Crippen molar-refractivity contribution in [1.82, 2.24) is 5.32 Å². The molecule has 3 N–H and O–H groups in total. The molecule has 0 bridgehead atoms. The molecule has 208 valence electrons. The first-order valence-electron chi connectivity index (χ1n) is 12.4. The predicted molar refractivity (Wildman–Crippen MR) is 164 cm³/mol. The second-order valence-corrected chi connectivity index (χ2v) is 11.0. The van der Waals surface area contributed by atoms with Gasteiger partial charge in [0.15, 0.2) is 0 Å². The first-order chi connectivity index (χ1) is 19.7. The number of rotatable bonds is 9. The summed E-state index contributed by atoms with van der Waals surface area (Å²) in [7, 11) is 0. The average Bonchev–Trinajstić information content (AvgIpc) is 2.97. The highest BCUT2D eigenvalue weighted by Gasteiger charge is 2.18. The molecule has 0 aliphatic heterocycles. The zero-order chi connectivity index (χ0) is 29.4. The summed E-state index contributed by atoms with van der Waals surface area (Å²) in [5.41, 5.74) is 1.79. The van der Waals surface area contributed by atoms with Gasteiger partial charge in [-0.3, -0.25) is 14.4 Å². The number of halogens is 3. The first kappa shape index (κ1) is 29.9. The lowest BCUT2D eigenvalue weighted by Crippen LogP contribution is -2.30. The summed E-state index contributed by atoms with van der Waals surface area (Å²) in [4.78, 5) is 39.4. The molecule has 1 atom stereocenters. The fraction of sp³-hybridized carbons (Fsp3) is 0.0645. The summed E-state index contributed by atoms with van der Waals surface area (Å²) >= 11 is 13.5. The highest BCUT2D eigenvalue weighted by Crippen LogP contribution is 2.31. The minimum absolute atomic E-state index is 0.0196. The number of benzene rings is 4. The fourth-order valence-corrected chi connectivity index (χ4v) is 4.79. The first-order valence-corrected chi connectivity index (χ1v) is 14.0. The number of hydrogen-bond donors (Lipinski definition) is 3. The second kappa shape index (κ2) is 14.0. The lowest BCUT2D eigenvalue weighted by molar-refractivity contribution is -0.115. The summed E-state index contributed by atoms with van der Waals surface area (Å²) in [5, 5.41) is 8.35. The zero-order valence-corrected chi connectivity index (χ0v) is 24.0. The molecule has 4 rings (SSSR count). The molecular formula is C31H24Cl2FN3O3S. The Morgan fingerprint density at radius 3 is 2.20 bits per heavy atom. The molecule has 0 aliphatic carbocycles. The van der Waals surface area contributed by atoms with Crippen molar-refractivity contribution in [3.05, 3.63) is 130 Å². The van der Waals surface area contributed by atoms with Gasteiger partial charge in [0.25, 0.3) is 11.8 Å². The van der Waals surface area contributed by atoms with Gasteiger partial charge in [0.2, 0.25) is 5.91 Å². The molecule has 0 aliphatic rings. The summed E-state index contributed by atoms with van der Waals surface area (Å²) < 4.78 is 13.4. The Labute approximate surface area is 250 Å². The van der Waals surface area contributed by atoms with Gasteiger partial charge in [0, 0.05) is 16.1 Å². The van der Waals surface area contributed by atoms with Gasteiger partial charge in [-0.15, -0.1) is 11.8 Å². The second-order valence-electron chi connectivity index (χ2n) is 8.76. The molecule has 1 unspecified atom stereocenters. The molecule has 0 fully saturated rings. The molecule has 3 amide bonds. The van der Waals surface area contributed by atoms with E-state index in [2.05, 4.69) is 16.0 Å². The van der Waals surface area contributed by atoms with Crippen LogP contribution < -0.4 is 16.0 Å². The van der Waals surface area contributed by atoms with Crippen molar-refractivity contribution in [3.8, 4) is 0 Å². The lowest BCUT2D eigenvalue weighted by Gasteiger charge is -2.14. The molecule has 0 saturated carbocycles. The normalized spacial score (nSPS) is 11.9. The van der Waals surface area contributed by atoms with E-state index in [1.165, 1.54) is 42.1 Å². The van der Waals surface area contributed by atoms with Gasteiger partial charge in [0.05, 0.1) is 21.0 Å². The third kappa shape index (κ3) is 8.44. The van der Waals surface area contributed by atoms with Crippen molar-refractivity contribution in [1.29, 1.82) is 0 Å². The molecule has 6 nitrogen and oxygen atoms in total. The molecule has 0 saturated heterocycles. The highest BCUT2D eigenvalue weighted by molar-refractivity contribution is 8.00. The van der Waals surface area contributed by atoms with E-state index in [9.17, 15) is 18.8 Å². The Morgan fingerprint density at radius 1 is 0.829 bits per heavy atom. The van der Waals surface area contributed by atoms with E-state index in [1.54, 1.807) is 79.7 Å². The monoisotopic (exact) mass is 607 g/mol. The number of amides is 3. The van der Waals surface area contributed by atoms with E-state index >= 15 is 0 Å². The Hall–Kier alpha value is -4.11. The number of thioether (sulfide) groups is 1. The van der Waals surface area contributed by atoms with Crippen LogP contribution in [-0.2, 0) is 9.59 Å². The number of carbonyl (C=O) groups is 3. The van der Waals surface area contributed by atoms with Crippen LogP contribution in [0.5, 0.6) is 0 Å². The van der Waals surface area contributed by atoms with Crippen LogP contribution in [0.15, 0.2) is 108 Å². The molecule has 10 heteroatoms. The van der Waals surface area contributed by atoms with E-state index in [1.807, 2.05) is 0 Å². The number of hydrogen-bond acceptors (Lipinski definition) is 4. The van der Waals surface area contributed by atoms with Gasteiger partial charge in [0.1, 0.15) is 11.5 Å². The number of nitrogens with one attached hydrogen (secondary N) is 3. The predicted octanol–water partition coefficient (Wildman–Crippen LogP) is 7.66. The van der Waals surface area contributed by atoms with Crippen molar-refractivity contribution in [2.75, 3.05) is 10.6 Å². The van der Waals surface area contributed by atoms with Crippen LogP contribution in [-0.4, -0.2) is 23.0 Å². The molecule has 4 aromatic rings. The third-order valence-corrected chi connectivity index (χ3v) is 7.64. The number of anilines is 2. The van der Waals surface area contributed by atoms with Gasteiger partial charge in [-0.1, -0.05) is 59.6 Å². The van der Waals surface area contributed by atoms with E-state index in [4.69, 9.17) is 23.2 Å². The minimum Gasteiger partial charge on any atom is -0.324 e. The summed E-state index contributed by atoms with van der Waals surface area (Å²) in [6.07, 6.45) is 1.46. The Kier molecular flexibility index (Phi) is 10.2. The summed E-state index contributed by atoms with van der Waals surface area (Å²) in [6.45, 7) is 1.76.